The fourth-order valence-corrected chi connectivity index (χ4v) is 5.17. The molecule has 6 rings (SSSR count). The summed E-state index contributed by atoms with van der Waals surface area (Å²) in [6.45, 7) is 5.66. The van der Waals surface area contributed by atoms with Gasteiger partial charge in [-0.05, 0) is 56.0 Å². The van der Waals surface area contributed by atoms with Crippen LogP contribution in [0, 0.1) is 13.8 Å². The Bertz CT molecular complexity index is 2020. The molecule has 2 aromatic carbocycles. The zero-order valence-corrected chi connectivity index (χ0v) is 23.2. The summed E-state index contributed by atoms with van der Waals surface area (Å²) < 4.78 is 5.09. The first-order valence-corrected chi connectivity index (χ1v) is 13.3. The molecule has 0 saturated heterocycles. The molecule has 0 bridgehead atoms. The number of benzene rings is 2. The van der Waals surface area contributed by atoms with Gasteiger partial charge in [0.2, 0.25) is 0 Å². The van der Waals surface area contributed by atoms with E-state index in [0.717, 1.165) is 22.2 Å². The van der Waals surface area contributed by atoms with Crippen molar-refractivity contribution in [2.24, 2.45) is 7.05 Å². The zero-order valence-electron chi connectivity index (χ0n) is 23.2. The largest absolute Gasteiger partial charge is 0.344 e. The van der Waals surface area contributed by atoms with E-state index in [1.165, 1.54) is 0 Å². The van der Waals surface area contributed by atoms with Gasteiger partial charge < -0.3 is 5.32 Å². The average Bonchev–Trinajstić information content (AvgIpc) is 3.49. The predicted octanol–water partition coefficient (Wildman–Crippen LogP) is 5.05. The molecule has 9 nitrogen and oxygen atoms in total. The minimum Gasteiger partial charge on any atom is -0.344 e. The van der Waals surface area contributed by atoms with Gasteiger partial charge in [0.15, 0.2) is 5.65 Å². The number of nitrogens with zero attached hydrogens (tertiary/aromatic N) is 6. The van der Waals surface area contributed by atoms with Crippen LogP contribution >= 0.6 is 0 Å². The minimum absolute atomic E-state index is 0.165. The van der Waals surface area contributed by atoms with E-state index < -0.39 is 6.04 Å². The molecule has 1 N–H and O–H groups in total. The molecule has 204 valence electrons. The first-order chi connectivity index (χ1) is 19.8. The molecule has 0 spiro atoms. The highest BCUT2D eigenvalue weighted by molar-refractivity contribution is 6.01. The van der Waals surface area contributed by atoms with Gasteiger partial charge in [-0.25, -0.2) is 9.50 Å². The van der Waals surface area contributed by atoms with Crippen LogP contribution in [0.1, 0.15) is 51.5 Å². The van der Waals surface area contributed by atoms with Crippen LogP contribution in [0.5, 0.6) is 0 Å². The molecular formula is C32H29N7O2. The van der Waals surface area contributed by atoms with E-state index in [-0.39, 0.29) is 11.5 Å². The molecule has 0 radical (unpaired) electrons. The summed E-state index contributed by atoms with van der Waals surface area (Å²) in [5.41, 5.74) is 5.50. The van der Waals surface area contributed by atoms with E-state index in [0.29, 0.717) is 33.7 Å². The Morgan fingerprint density at radius 2 is 1.78 bits per heavy atom. The van der Waals surface area contributed by atoms with Gasteiger partial charge in [0.05, 0.1) is 23.3 Å². The third-order valence-corrected chi connectivity index (χ3v) is 7.43. The topological polar surface area (TPSA) is 99.1 Å². The Kier molecular flexibility index (Phi) is 6.55. The van der Waals surface area contributed by atoms with Crippen molar-refractivity contribution >= 4 is 34.5 Å². The molecule has 1 atom stereocenters. The molecule has 4 aromatic heterocycles. The molecule has 9 heteroatoms. The first-order valence-electron chi connectivity index (χ1n) is 13.3. The first kappa shape index (κ1) is 25.9. The number of para-hydroxylation sites is 1. The highest BCUT2D eigenvalue weighted by Gasteiger charge is 2.23. The fourth-order valence-electron chi connectivity index (χ4n) is 5.17. The molecule has 6 aromatic rings. The van der Waals surface area contributed by atoms with Crippen LogP contribution in [0.25, 0.3) is 34.3 Å². The van der Waals surface area contributed by atoms with E-state index in [9.17, 15) is 9.59 Å². The van der Waals surface area contributed by atoms with Gasteiger partial charge in [0, 0.05) is 42.1 Å². The summed E-state index contributed by atoms with van der Waals surface area (Å²) in [5.74, 6) is -0.306. The Morgan fingerprint density at radius 3 is 2.54 bits per heavy atom. The molecule has 0 aliphatic carbocycles. The number of rotatable bonds is 6. The van der Waals surface area contributed by atoms with Crippen molar-refractivity contribution in [1.29, 1.82) is 0 Å². The molecule has 1 amide bonds. The van der Waals surface area contributed by atoms with Crippen molar-refractivity contribution < 1.29 is 4.79 Å². The lowest BCUT2D eigenvalue weighted by molar-refractivity contribution is 0.0939. The monoisotopic (exact) mass is 543 g/mol. The van der Waals surface area contributed by atoms with Crippen molar-refractivity contribution in [2.75, 3.05) is 0 Å². The van der Waals surface area contributed by atoms with Crippen LogP contribution in [0.4, 0.5) is 0 Å². The summed E-state index contributed by atoms with van der Waals surface area (Å²) >= 11 is 0. The van der Waals surface area contributed by atoms with Crippen LogP contribution in [-0.2, 0) is 7.05 Å². The number of hydrogen-bond acceptors (Lipinski definition) is 5. The number of carbonyl (C=O) groups is 1. The fraction of sp³-hybridized carbons (Fsp3) is 0.156. The number of amides is 1. The molecular weight excluding hydrogens is 514 g/mol. The summed E-state index contributed by atoms with van der Waals surface area (Å²) in [5, 5.41) is 13.2. The zero-order chi connectivity index (χ0) is 28.7. The Balaban J connectivity index is 1.47. The molecule has 0 fully saturated rings. The van der Waals surface area contributed by atoms with Crippen LogP contribution in [-0.4, -0.2) is 34.9 Å². The van der Waals surface area contributed by atoms with E-state index >= 15 is 0 Å². The number of nitrogens with one attached hydrogen (secondary N) is 1. The molecule has 0 saturated carbocycles. The Morgan fingerprint density at radius 1 is 1.00 bits per heavy atom. The maximum absolute atomic E-state index is 14.3. The molecule has 0 unspecified atom stereocenters. The van der Waals surface area contributed by atoms with Crippen LogP contribution in [0.3, 0.4) is 0 Å². The van der Waals surface area contributed by atoms with Gasteiger partial charge in [0.25, 0.3) is 11.5 Å². The van der Waals surface area contributed by atoms with Gasteiger partial charge in [-0.2, -0.15) is 10.2 Å². The second-order valence-electron chi connectivity index (χ2n) is 10.0. The lowest BCUT2D eigenvalue weighted by atomic mass is 10.0. The summed E-state index contributed by atoms with van der Waals surface area (Å²) in [4.78, 5) is 32.1. The van der Waals surface area contributed by atoms with Crippen LogP contribution in [0.15, 0.2) is 84.0 Å². The number of pyridine rings is 1. The van der Waals surface area contributed by atoms with Crippen LogP contribution < -0.4 is 10.9 Å². The van der Waals surface area contributed by atoms with E-state index in [1.807, 2.05) is 98.5 Å². The quantitative estimate of drug-likeness (QED) is 0.317. The number of hydrogen-bond donors (Lipinski definition) is 1. The summed E-state index contributed by atoms with van der Waals surface area (Å²) in [6.07, 6.45) is 9.13. The lowest BCUT2D eigenvalue weighted by Crippen LogP contribution is -2.32. The molecule has 0 aliphatic rings. The molecule has 0 aliphatic heterocycles. The van der Waals surface area contributed by atoms with Gasteiger partial charge in [-0.1, -0.05) is 48.6 Å². The van der Waals surface area contributed by atoms with E-state index in [1.54, 1.807) is 34.5 Å². The minimum atomic E-state index is -0.505. The summed E-state index contributed by atoms with van der Waals surface area (Å²) in [6, 6.07) is 18.5. The van der Waals surface area contributed by atoms with E-state index in [4.69, 9.17) is 0 Å². The van der Waals surface area contributed by atoms with Crippen LogP contribution in [0.2, 0.25) is 0 Å². The van der Waals surface area contributed by atoms with Crippen molar-refractivity contribution in [2.45, 2.75) is 26.8 Å². The number of fused-ring (bicyclic) bond motifs is 2. The van der Waals surface area contributed by atoms with Crippen molar-refractivity contribution in [1.82, 2.24) is 34.3 Å². The molecule has 4 heterocycles. The molecule has 41 heavy (non-hydrogen) atoms. The Labute approximate surface area is 236 Å². The standard InChI is InChI=1S/C32H29N7O2/c1-20(35-31(40)28-21(2)36-38-17-9-16-33-30(28)38)27-18-24-11-8-10-23(14-15-25-19-34-37(4)22(25)3)29(24)32(41)39(27)26-12-6-5-7-13-26/h5-20H,1-4H3,(H,35,40)/b15-14+/t20-/m0/s1. The second-order valence-corrected chi connectivity index (χ2v) is 10.0. The van der Waals surface area contributed by atoms with Crippen molar-refractivity contribution in [3.63, 3.8) is 0 Å². The van der Waals surface area contributed by atoms with Crippen molar-refractivity contribution in [3.8, 4) is 5.69 Å². The van der Waals surface area contributed by atoms with Crippen molar-refractivity contribution in [3.05, 3.63) is 123 Å². The number of aromatic nitrogens is 6. The lowest BCUT2D eigenvalue weighted by Gasteiger charge is -2.21. The average molecular weight is 544 g/mol. The third kappa shape index (κ3) is 4.61. The number of carbonyl (C=O) groups excluding carboxylic acids is 1. The second kappa shape index (κ2) is 10.3. The predicted molar refractivity (Wildman–Crippen MR) is 160 cm³/mol. The third-order valence-electron chi connectivity index (χ3n) is 7.43. The van der Waals surface area contributed by atoms with Gasteiger partial charge >= 0.3 is 0 Å². The van der Waals surface area contributed by atoms with E-state index in [2.05, 4.69) is 20.5 Å². The highest BCUT2D eigenvalue weighted by Crippen LogP contribution is 2.25. The maximum Gasteiger partial charge on any atom is 0.263 e. The van der Waals surface area contributed by atoms with Gasteiger partial charge in [-0.3, -0.25) is 18.8 Å². The smallest absolute Gasteiger partial charge is 0.263 e. The normalized spacial score (nSPS) is 12.4. The number of aryl methyl sites for hydroxylation is 2. The SMILES string of the molecule is Cc1nn2cccnc2c1C(=O)N[C@@H](C)c1cc2cccc(/C=C/c3cnn(C)c3C)c2c(=O)n1-c1ccccc1. The maximum atomic E-state index is 14.3. The highest BCUT2D eigenvalue weighted by atomic mass is 16.2. The van der Waals surface area contributed by atoms with Gasteiger partial charge in [-0.15, -0.1) is 0 Å². The summed E-state index contributed by atoms with van der Waals surface area (Å²) in [7, 11) is 1.90. The van der Waals surface area contributed by atoms with Gasteiger partial charge in [0.1, 0.15) is 5.56 Å². The Hall–Kier alpha value is -5.31.